The van der Waals surface area contributed by atoms with E-state index in [1.54, 1.807) is 0 Å². The zero-order chi connectivity index (χ0) is 15.9. The summed E-state index contributed by atoms with van der Waals surface area (Å²) in [6.45, 7) is 3.39. The first-order chi connectivity index (χ1) is 10.7. The fourth-order valence-electron chi connectivity index (χ4n) is 2.15. The van der Waals surface area contributed by atoms with Gasteiger partial charge in [0.15, 0.2) is 0 Å². The van der Waals surface area contributed by atoms with Crippen molar-refractivity contribution >= 4 is 40.5 Å². The number of carbonyl (C=O) groups excluding carboxylic acids is 2. The molecule has 0 aliphatic carbocycles. The predicted molar refractivity (Wildman–Crippen MR) is 88.6 cm³/mol. The maximum atomic E-state index is 12.6. The van der Waals surface area contributed by atoms with Crippen molar-refractivity contribution in [1.29, 1.82) is 0 Å². The molecule has 1 N–H and O–H groups in total. The number of ether oxygens (including phenoxy) is 1. The van der Waals surface area contributed by atoms with Gasteiger partial charge in [-0.2, -0.15) is 0 Å². The van der Waals surface area contributed by atoms with Gasteiger partial charge in [-0.25, -0.2) is 0 Å². The Hall–Kier alpha value is -1.15. The van der Waals surface area contributed by atoms with Crippen molar-refractivity contribution in [3.8, 4) is 0 Å². The zero-order valence-corrected chi connectivity index (χ0v) is 14.0. The molecule has 1 aromatic rings. The van der Waals surface area contributed by atoms with Gasteiger partial charge in [0.05, 0.1) is 17.1 Å². The number of thioether (sulfide) groups is 1. The second kappa shape index (κ2) is 8.47. The number of aliphatic hydroxyl groups is 1. The van der Waals surface area contributed by atoms with Crippen LogP contribution in [0.25, 0.3) is 5.57 Å². The number of amides is 2. The van der Waals surface area contributed by atoms with E-state index in [2.05, 4.69) is 0 Å². The molecular formula is C15H19NO4S2. The lowest BCUT2D eigenvalue weighted by atomic mass is 10.2. The Balaban J connectivity index is 2.16. The molecule has 0 saturated carbocycles. The molecule has 0 saturated heterocycles. The van der Waals surface area contributed by atoms with Crippen LogP contribution in [0.1, 0.15) is 18.2 Å². The molecule has 7 heteroatoms. The summed E-state index contributed by atoms with van der Waals surface area (Å²) >= 11 is 2.68. The van der Waals surface area contributed by atoms with E-state index in [0.717, 1.165) is 4.88 Å². The normalized spacial score (nSPS) is 15.3. The molecule has 120 valence electrons. The Morgan fingerprint density at radius 2 is 2.18 bits per heavy atom. The number of aliphatic hydroxyl groups excluding tert-OH is 1. The van der Waals surface area contributed by atoms with Crippen molar-refractivity contribution in [1.82, 2.24) is 4.90 Å². The lowest BCUT2D eigenvalue weighted by Crippen LogP contribution is -2.33. The van der Waals surface area contributed by atoms with Crippen molar-refractivity contribution in [2.75, 3.05) is 32.1 Å². The lowest BCUT2D eigenvalue weighted by Gasteiger charge is -2.14. The molecule has 0 atom stereocenters. The monoisotopic (exact) mass is 341 g/mol. The molecule has 0 spiro atoms. The van der Waals surface area contributed by atoms with Gasteiger partial charge in [0, 0.05) is 30.4 Å². The Labute approximate surface area is 138 Å². The summed E-state index contributed by atoms with van der Waals surface area (Å²) in [5.74, 6) is -0.108. The summed E-state index contributed by atoms with van der Waals surface area (Å²) in [5.41, 5.74) is 0.467. The fourth-order valence-corrected chi connectivity index (χ4v) is 3.85. The first-order valence-electron chi connectivity index (χ1n) is 7.16. The minimum absolute atomic E-state index is 0.0301. The van der Waals surface area contributed by atoms with E-state index in [1.807, 2.05) is 24.4 Å². The molecule has 0 fully saturated rings. The number of thiophene rings is 1. The molecular weight excluding hydrogens is 322 g/mol. The Morgan fingerprint density at radius 3 is 2.82 bits per heavy atom. The van der Waals surface area contributed by atoms with Crippen LogP contribution in [0.3, 0.4) is 0 Å². The van der Waals surface area contributed by atoms with Gasteiger partial charge >= 0.3 is 0 Å². The third kappa shape index (κ3) is 3.78. The van der Waals surface area contributed by atoms with Gasteiger partial charge in [0.1, 0.15) is 0 Å². The average Bonchev–Trinajstić information content (AvgIpc) is 3.10. The molecule has 0 aromatic carbocycles. The Bertz CT molecular complexity index is 554. The highest BCUT2D eigenvalue weighted by Gasteiger charge is 2.39. The number of imide groups is 1. The maximum absolute atomic E-state index is 12.6. The van der Waals surface area contributed by atoms with Crippen molar-refractivity contribution < 1.29 is 19.4 Å². The molecule has 0 bridgehead atoms. The molecule has 1 aliphatic rings. The minimum atomic E-state index is -0.261. The van der Waals surface area contributed by atoms with Crippen LogP contribution in [0, 0.1) is 0 Å². The third-order valence-corrected chi connectivity index (χ3v) is 5.05. The summed E-state index contributed by atoms with van der Waals surface area (Å²) in [4.78, 5) is 27.6. The third-order valence-electron chi connectivity index (χ3n) is 3.11. The van der Waals surface area contributed by atoms with Gasteiger partial charge < -0.3 is 9.84 Å². The summed E-state index contributed by atoms with van der Waals surface area (Å²) in [6, 6.07) is 3.70. The molecule has 2 rings (SSSR count). The van der Waals surface area contributed by atoms with Crippen LogP contribution in [-0.4, -0.2) is 53.9 Å². The van der Waals surface area contributed by atoms with Crippen LogP contribution < -0.4 is 0 Å². The van der Waals surface area contributed by atoms with Crippen LogP contribution >= 0.6 is 23.1 Å². The van der Waals surface area contributed by atoms with Crippen molar-refractivity contribution in [3.63, 3.8) is 0 Å². The lowest BCUT2D eigenvalue weighted by molar-refractivity contribution is -0.136. The Morgan fingerprint density at radius 1 is 1.36 bits per heavy atom. The molecule has 0 unspecified atom stereocenters. The first-order valence-corrected chi connectivity index (χ1v) is 9.03. The summed E-state index contributed by atoms with van der Waals surface area (Å²) < 4.78 is 5.26. The molecule has 2 amide bonds. The second-order valence-corrected chi connectivity index (χ2v) is 6.62. The SMILES string of the molecule is CCOCCCN1C(=O)C(SCCO)=C(c2cccs2)C1=O. The molecule has 1 aromatic heterocycles. The van der Waals surface area contributed by atoms with E-state index < -0.39 is 0 Å². The standard InChI is InChI=1S/C15H19NO4S2/c1-2-20-8-4-6-16-14(18)12(11-5-3-9-21-11)13(15(16)19)22-10-7-17/h3,5,9,17H,2,4,6-8,10H2,1H3. The van der Waals surface area contributed by atoms with E-state index >= 15 is 0 Å². The summed E-state index contributed by atoms with van der Waals surface area (Å²) in [7, 11) is 0. The van der Waals surface area contributed by atoms with Gasteiger partial charge in [-0.05, 0) is 24.8 Å². The topological polar surface area (TPSA) is 66.8 Å². The molecule has 0 radical (unpaired) electrons. The van der Waals surface area contributed by atoms with Gasteiger partial charge in [-0.3, -0.25) is 14.5 Å². The van der Waals surface area contributed by atoms with E-state index in [9.17, 15) is 9.59 Å². The molecule has 1 aliphatic heterocycles. The van der Waals surface area contributed by atoms with E-state index in [1.165, 1.54) is 28.0 Å². The molecule has 22 heavy (non-hydrogen) atoms. The highest BCUT2D eigenvalue weighted by atomic mass is 32.2. The van der Waals surface area contributed by atoms with Crippen molar-refractivity contribution in [3.05, 3.63) is 27.3 Å². The van der Waals surface area contributed by atoms with E-state index in [0.29, 0.717) is 42.4 Å². The molecule has 5 nitrogen and oxygen atoms in total. The van der Waals surface area contributed by atoms with Crippen LogP contribution in [0.4, 0.5) is 0 Å². The fraction of sp³-hybridized carbons (Fsp3) is 0.467. The van der Waals surface area contributed by atoms with E-state index in [4.69, 9.17) is 9.84 Å². The number of rotatable bonds is 9. The van der Waals surface area contributed by atoms with Crippen LogP contribution in [0.5, 0.6) is 0 Å². The van der Waals surface area contributed by atoms with E-state index in [-0.39, 0.29) is 18.4 Å². The second-order valence-electron chi connectivity index (χ2n) is 4.57. The first kappa shape index (κ1) is 17.2. The van der Waals surface area contributed by atoms with Crippen molar-refractivity contribution in [2.45, 2.75) is 13.3 Å². The largest absolute Gasteiger partial charge is 0.396 e. The number of hydrogen-bond acceptors (Lipinski definition) is 6. The van der Waals surface area contributed by atoms with Crippen LogP contribution in [0.2, 0.25) is 0 Å². The van der Waals surface area contributed by atoms with Gasteiger partial charge in [0.2, 0.25) is 0 Å². The average molecular weight is 341 g/mol. The molecule has 2 heterocycles. The van der Waals surface area contributed by atoms with Gasteiger partial charge in [-0.1, -0.05) is 6.07 Å². The van der Waals surface area contributed by atoms with Crippen molar-refractivity contribution in [2.24, 2.45) is 0 Å². The summed E-state index contributed by atoms with van der Waals surface area (Å²) in [6.07, 6.45) is 0.626. The minimum Gasteiger partial charge on any atom is -0.396 e. The quantitative estimate of drug-likeness (QED) is 0.549. The van der Waals surface area contributed by atoms with Crippen LogP contribution in [-0.2, 0) is 14.3 Å². The predicted octanol–water partition coefficient (Wildman–Crippen LogP) is 1.98. The summed E-state index contributed by atoms with van der Waals surface area (Å²) in [5, 5.41) is 10.9. The zero-order valence-electron chi connectivity index (χ0n) is 12.4. The smallest absolute Gasteiger partial charge is 0.268 e. The Kier molecular flexibility index (Phi) is 6.63. The van der Waals surface area contributed by atoms with Crippen LogP contribution in [0.15, 0.2) is 22.4 Å². The maximum Gasteiger partial charge on any atom is 0.268 e. The highest BCUT2D eigenvalue weighted by molar-refractivity contribution is 8.04. The number of hydrogen-bond donors (Lipinski definition) is 1. The highest BCUT2D eigenvalue weighted by Crippen LogP contribution is 2.37. The number of carbonyl (C=O) groups is 2. The van der Waals surface area contributed by atoms with Gasteiger partial charge in [-0.15, -0.1) is 23.1 Å². The number of nitrogens with zero attached hydrogens (tertiary/aromatic N) is 1. The van der Waals surface area contributed by atoms with Gasteiger partial charge in [0.25, 0.3) is 11.8 Å².